The van der Waals surface area contributed by atoms with Crippen molar-refractivity contribution in [2.24, 2.45) is 0 Å². The molecule has 3 nitrogen and oxygen atoms in total. The van der Waals surface area contributed by atoms with Gasteiger partial charge in [-0.1, -0.05) is 0 Å². The van der Waals surface area contributed by atoms with Crippen molar-refractivity contribution in [1.82, 2.24) is 0 Å². The van der Waals surface area contributed by atoms with Crippen LogP contribution in [0.3, 0.4) is 0 Å². The van der Waals surface area contributed by atoms with Gasteiger partial charge in [-0.15, -0.1) is 0 Å². The van der Waals surface area contributed by atoms with E-state index in [9.17, 15) is 4.79 Å². The molecule has 1 aromatic carbocycles. The molecule has 84 valence electrons. The molecule has 0 atom stereocenters. The van der Waals surface area contributed by atoms with Crippen LogP contribution in [-0.2, 0) is 6.42 Å². The number of rotatable bonds is 0. The zero-order valence-corrected chi connectivity index (χ0v) is 9.12. The lowest BCUT2D eigenvalue weighted by Gasteiger charge is -2.17. The van der Waals surface area contributed by atoms with Crippen LogP contribution >= 0.6 is 0 Å². The molecule has 0 saturated carbocycles. The summed E-state index contributed by atoms with van der Waals surface area (Å²) in [4.78, 5) is 11.8. The number of ketones is 1. The maximum Gasteiger partial charge on any atom is 0.163 e. The summed E-state index contributed by atoms with van der Waals surface area (Å²) in [5.74, 6) is 1.76. The number of carbonyl (C=O) groups is 1. The van der Waals surface area contributed by atoms with E-state index in [1.54, 1.807) is 0 Å². The van der Waals surface area contributed by atoms with Crippen LogP contribution in [-0.4, -0.2) is 19.0 Å². The van der Waals surface area contributed by atoms with Gasteiger partial charge in [-0.2, -0.15) is 0 Å². The van der Waals surface area contributed by atoms with Gasteiger partial charge >= 0.3 is 0 Å². The molecule has 2 aliphatic rings. The van der Waals surface area contributed by atoms with E-state index in [2.05, 4.69) is 0 Å². The lowest BCUT2D eigenvalue weighted by Crippen LogP contribution is -2.11. The van der Waals surface area contributed by atoms with Crippen LogP contribution in [0.15, 0.2) is 12.1 Å². The van der Waals surface area contributed by atoms with Crippen molar-refractivity contribution in [2.75, 3.05) is 13.2 Å². The quantitative estimate of drug-likeness (QED) is 0.670. The predicted molar refractivity (Wildman–Crippen MR) is 59.3 cm³/mol. The zero-order chi connectivity index (χ0) is 11.0. The summed E-state index contributed by atoms with van der Waals surface area (Å²) in [6.07, 6.45) is 3.48. The molecule has 1 aliphatic carbocycles. The third kappa shape index (κ3) is 1.56. The molecule has 1 aromatic rings. The van der Waals surface area contributed by atoms with E-state index < -0.39 is 0 Å². The van der Waals surface area contributed by atoms with Gasteiger partial charge in [0.05, 0.1) is 13.2 Å². The number of ether oxygens (including phenoxy) is 2. The minimum Gasteiger partial charge on any atom is -0.490 e. The van der Waals surface area contributed by atoms with Crippen molar-refractivity contribution in [3.8, 4) is 11.5 Å². The van der Waals surface area contributed by atoms with Gasteiger partial charge in [-0.05, 0) is 30.5 Å². The highest BCUT2D eigenvalue weighted by atomic mass is 16.5. The molecule has 0 fully saturated rings. The number of hydrogen-bond donors (Lipinski definition) is 0. The Balaban J connectivity index is 2.08. The number of benzene rings is 1. The van der Waals surface area contributed by atoms with Crippen LogP contribution in [0.5, 0.6) is 11.5 Å². The molecular weight excluding hydrogens is 204 g/mol. The summed E-state index contributed by atoms with van der Waals surface area (Å²) in [5.41, 5.74) is 1.94. The van der Waals surface area contributed by atoms with Gasteiger partial charge in [0.25, 0.3) is 0 Å². The summed E-state index contributed by atoms with van der Waals surface area (Å²) in [7, 11) is 0. The monoisotopic (exact) mass is 218 g/mol. The number of hydrogen-bond acceptors (Lipinski definition) is 3. The van der Waals surface area contributed by atoms with Gasteiger partial charge in [0.2, 0.25) is 0 Å². The first-order valence-electron chi connectivity index (χ1n) is 5.80. The van der Waals surface area contributed by atoms with Crippen LogP contribution in [0.1, 0.15) is 35.2 Å². The average Bonchev–Trinajstić information content (AvgIpc) is 2.52. The van der Waals surface area contributed by atoms with Crippen molar-refractivity contribution in [3.63, 3.8) is 0 Å². The Labute approximate surface area is 94.4 Å². The first-order chi connectivity index (χ1) is 7.84. The Hall–Kier alpha value is -1.51. The third-order valence-corrected chi connectivity index (χ3v) is 3.12. The van der Waals surface area contributed by atoms with Gasteiger partial charge < -0.3 is 9.47 Å². The molecule has 0 radical (unpaired) electrons. The minimum absolute atomic E-state index is 0.233. The highest BCUT2D eigenvalue weighted by molar-refractivity contribution is 5.99. The second-order valence-electron chi connectivity index (χ2n) is 4.28. The fourth-order valence-corrected chi connectivity index (χ4v) is 2.29. The van der Waals surface area contributed by atoms with E-state index >= 15 is 0 Å². The zero-order valence-electron chi connectivity index (χ0n) is 9.12. The molecule has 1 aliphatic heterocycles. The molecule has 3 heteroatoms. The fourth-order valence-electron chi connectivity index (χ4n) is 2.29. The maximum atomic E-state index is 11.8. The minimum atomic E-state index is 0.233. The Morgan fingerprint density at radius 3 is 2.50 bits per heavy atom. The lowest BCUT2D eigenvalue weighted by molar-refractivity contribution is 0.0972. The summed E-state index contributed by atoms with van der Waals surface area (Å²) in [5, 5.41) is 0. The standard InChI is InChI=1S/C13H14O3/c14-11-4-1-3-9-7-12-13(8-10(9)11)16-6-2-5-15-12/h7-8H,1-6H2. The fraction of sp³-hybridized carbons (Fsp3) is 0.462. The van der Waals surface area contributed by atoms with E-state index in [4.69, 9.17) is 9.47 Å². The van der Waals surface area contributed by atoms with Gasteiger partial charge in [0, 0.05) is 18.4 Å². The van der Waals surface area contributed by atoms with E-state index in [0.29, 0.717) is 19.6 Å². The van der Waals surface area contributed by atoms with E-state index in [1.807, 2.05) is 12.1 Å². The Kier molecular flexibility index (Phi) is 2.31. The van der Waals surface area contributed by atoms with Crippen LogP contribution in [0.2, 0.25) is 0 Å². The van der Waals surface area contributed by atoms with Crippen LogP contribution in [0, 0.1) is 0 Å². The molecule has 1 heterocycles. The van der Waals surface area contributed by atoms with Crippen molar-refractivity contribution >= 4 is 5.78 Å². The summed E-state index contributed by atoms with van der Waals surface area (Å²) in [6.45, 7) is 1.36. The van der Waals surface area contributed by atoms with Gasteiger partial charge in [-0.3, -0.25) is 4.79 Å². The smallest absolute Gasteiger partial charge is 0.163 e. The van der Waals surface area contributed by atoms with Crippen molar-refractivity contribution in [3.05, 3.63) is 23.3 Å². The van der Waals surface area contributed by atoms with Gasteiger partial charge in [0.1, 0.15) is 0 Å². The predicted octanol–water partition coefficient (Wildman–Crippen LogP) is 2.37. The molecule has 0 aromatic heterocycles. The SMILES string of the molecule is O=C1CCCc2cc3c(cc21)OCCCO3. The average molecular weight is 218 g/mol. The van der Waals surface area contributed by atoms with Crippen molar-refractivity contribution in [1.29, 1.82) is 0 Å². The van der Waals surface area contributed by atoms with Gasteiger partial charge in [-0.25, -0.2) is 0 Å². The largest absolute Gasteiger partial charge is 0.490 e. The topological polar surface area (TPSA) is 35.5 Å². The summed E-state index contributed by atoms with van der Waals surface area (Å²) >= 11 is 0. The Morgan fingerprint density at radius 2 is 1.69 bits per heavy atom. The number of fused-ring (bicyclic) bond motifs is 2. The van der Waals surface area contributed by atoms with Gasteiger partial charge in [0.15, 0.2) is 17.3 Å². The van der Waals surface area contributed by atoms with Crippen LogP contribution in [0.4, 0.5) is 0 Å². The second-order valence-corrected chi connectivity index (χ2v) is 4.28. The van der Waals surface area contributed by atoms with E-state index in [1.165, 1.54) is 0 Å². The molecule has 0 unspecified atom stereocenters. The first kappa shape index (κ1) is 9.70. The molecule has 3 rings (SSSR count). The molecule has 0 bridgehead atoms. The Bertz CT molecular complexity index is 437. The van der Waals surface area contributed by atoms with Crippen molar-refractivity contribution in [2.45, 2.75) is 25.7 Å². The van der Waals surface area contributed by atoms with Crippen molar-refractivity contribution < 1.29 is 14.3 Å². The Morgan fingerprint density at radius 1 is 0.938 bits per heavy atom. The maximum absolute atomic E-state index is 11.8. The highest BCUT2D eigenvalue weighted by Gasteiger charge is 2.21. The molecular formula is C13H14O3. The number of Topliss-reactive ketones (excluding diaryl/α,β-unsaturated/α-hetero) is 1. The molecule has 0 N–H and O–H groups in total. The van der Waals surface area contributed by atoms with E-state index in [0.717, 1.165) is 41.9 Å². The number of carbonyl (C=O) groups excluding carboxylic acids is 1. The van der Waals surface area contributed by atoms with Crippen LogP contribution < -0.4 is 9.47 Å². The number of aryl methyl sites for hydroxylation is 1. The van der Waals surface area contributed by atoms with Crippen LogP contribution in [0.25, 0.3) is 0 Å². The first-order valence-corrected chi connectivity index (χ1v) is 5.80. The molecule has 0 amide bonds. The summed E-state index contributed by atoms with van der Waals surface area (Å²) < 4.78 is 11.2. The molecule has 16 heavy (non-hydrogen) atoms. The lowest BCUT2D eigenvalue weighted by atomic mass is 9.90. The molecule has 0 spiro atoms. The second kappa shape index (κ2) is 3.81. The third-order valence-electron chi connectivity index (χ3n) is 3.12. The summed E-state index contributed by atoms with van der Waals surface area (Å²) in [6, 6.07) is 3.84. The van der Waals surface area contributed by atoms with E-state index in [-0.39, 0.29) is 5.78 Å². The molecule has 0 saturated heterocycles. The normalized spacial score (nSPS) is 18.9. The highest BCUT2D eigenvalue weighted by Crippen LogP contribution is 2.35.